The standard InChI is InChI=1S/C14H25N5O/c1-14(2,20)11-19-8-6-18(7-9-19)10-12-4-3-5-13(16-12)17-15/h3-5,20H,6-11,15H2,1-2H3,(H,16,17). The van der Waals surface area contributed by atoms with Crippen molar-refractivity contribution in [3.8, 4) is 0 Å². The Morgan fingerprint density at radius 3 is 2.50 bits per heavy atom. The summed E-state index contributed by atoms with van der Waals surface area (Å²) in [6.45, 7) is 9.24. The van der Waals surface area contributed by atoms with E-state index in [9.17, 15) is 5.11 Å². The molecule has 0 aliphatic carbocycles. The van der Waals surface area contributed by atoms with Gasteiger partial charge in [-0.25, -0.2) is 10.8 Å². The smallest absolute Gasteiger partial charge is 0.140 e. The SMILES string of the molecule is CC(C)(O)CN1CCN(Cc2cccc(NN)n2)CC1. The van der Waals surface area contributed by atoms with Gasteiger partial charge in [-0.1, -0.05) is 6.07 Å². The largest absolute Gasteiger partial charge is 0.389 e. The third-order valence-electron chi connectivity index (χ3n) is 3.42. The van der Waals surface area contributed by atoms with E-state index in [-0.39, 0.29) is 0 Å². The van der Waals surface area contributed by atoms with Crippen LogP contribution in [0.4, 0.5) is 5.82 Å². The van der Waals surface area contributed by atoms with E-state index >= 15 is 0 Å². The first-order valence-corrected chi connectivity index (χ1v) is 7.06. The summed E-state index contributed by atoms with van der Waals surface area (Å²) in [7, 11) is 0. The monoisotopic (exact) mass is 279 g/mol. The van der Waals surface area contributed by atoms with E-state index in [1.54, 1.807) is 0 Å². The van der Waals surface area contributed by atoms with Gasteiger partial charge in [0, 0.05) is 39.3 Å². The first-order valence-electron chi connectivity index (χ1n) is 7.06. The predicted octanol–water partition coefficient (Wildman–Crippen LogP) is 0.256. The van der Waals surface area contributed by atoms with Crippen molar-refractivity contribution in [2.45, 2.75) is 26.0 Å². The van der Waals surface area contributed by atoms with Crippen molar-refractivity contribution in [3.05, 3.63) is 23.9 Å². The maximum Gasteiger partial charge on any atom is 0.140 e. The Labute approximate surface area is 120 Å². The molecule has 0 aromatic carbocycles. The molecule has 1 aliphatic rings. The van der Waals surface area contributed by atoms with Crippen LogP contribution in [0.3, 0.4) is 0 Å². The van der Waals surface area contributed by atoms with Crippen molar-refractivity contribution < 1.29 is 5.11 Å². The van der Waals surface area contributed by atoms with E-state index in [0.29, 0.717) is 5.82 Å². The summed E-state index contributed by atoms with van der Waals surface area (Å²) in [6.07, 6.45) is 0. The van der Waals surface area contributed by atoms with Crippen molar-refractivity contribution in [2.75, 3.05) is 38.1 Å². The summed E-state index contributed by atoms with van der Waals surface area (Å²) in [4.78, 5) is 9.12. The van der Waals surface area contributed by atoms with Gasteiger partial charge >= 0.3 is 0 Å². The van der Waals surface area contributed by atoms with Crippen LogP contribution in [-0.4, -0.2) is 58.2 Å². The number of hydrogen-bond acceptors (Lipinski definition) is 6. The molecule has 0 radical (unpaired) electrons. The number of rotatable bonds is 5. The van der Waals surface area contributed by atoms with Gasteiger partial charge in [-0.05, 0) is 26.0 Å². The third kappa shape index (κ3) is 4.72. The summed E-state index contributed by atoms with van der Waals surface area (Å²) < 4.78 is 0. The number of β-amino-alcohol motifs (C(OH)–C–C–N with tert-alkyl or cyclic N) is 1. The first-order chi connectivity index (χ1) is 9.46. The normalized spacial score (nSPS) is 18.2. The molecular weight excluding hydrogens is 254 g/mol. The fraction of sp³-hybridized carbons (Fsp3) is 0.643. The second-order valence-electron chi connectivity index (χ2n) is 6.02. The highest BCUT2D eigenvalue weighted by atomic mass is 16.3. The van der Waals surface area contributed by atoms with Gasteiger partial charge in [-0.2, -0.15) is 0 Å². The topological polar surface area (TPSA) is 77.7 Å². The van der Waals surface area contributed by atoms with Crippen molar-refractivity contribution in [1.82, 2.24) is 14.8 Å². The molecule has 0 saturated carbocycles. The van der Waals surface area contributed by atoms with Gasteiger partial charge in [0.1, 0.15) is 5.82 Å². The Kier molecular flexibility index (Phi) is 4.93. The molecule has 2 heterocycles. The summed E-state index contributed by atoms with van der Waals surface area (Å²) in [5.74, 6) is 6.07. The number of hydrazine groups is 1. The van der Waals surface area contributed by atoms with Crippen molar-refractivity contribution in [2.24, 2.45) is 5.84 Å². The molecule has 4 N–H and O–H groups in total. The number of hydrogen-bond donors (Lipinski definition) is 3. The van der Waals surface area contributed by atoms with E-state index < -0.39 is 5.60 Å². The zero-order valence-corrected chi connectivity index (χ0v) is 12.3. The van der Waals surface area contributed by atoms with E-state index in [4.69, 9.17) is 5.84 Å². The lowest BCUT2D eigenvalue weighted by Crippen LogP contribution is -2.50. The van der Waals surface area contributed by atoms with Gasteiger partial charge in [-0.15, -0.1) is 0 Å². The molecule has 6 nitrogen and oxygen atoms in total. The summed E-state index contributed by atoms with van der Waals surface area (Å²) >= 11 is 0. The van der Waals surface area contributed by atoms with Gasteiger partial charge in [0.25, 0.3) is 0 Å². The molecule has 0 amide bonds. The Hall–Kier alpha value is -1.21. The molecule has 1 aromatic rings. The zero-order chi connectivity index (χ0) is 14.6. The number of nitrogens with zero attached hydrogens (tertiary/aromatic N) is 3. The average Bonchev–Trinajstić information content (AvgIpc) is 2.40. The van der Waals surface area contributed by atoms with Crippen LogP contribution in [0.15, 0.2) is 18.2 Å². The highest BCUT2D eigenvalue weighted by molar-refractivity contribution is 5.33. The number of aromatic nitrogens is 1. The lowest BCUT2D eigenvalue weighted by Gasteiger charge is -2.37. The molecule has 6 heteroatoms. The van der Waals surface area contributed by atoms with Crippen LogP contribution in [-0.2, 0) is 6.54 Å². The van der Waals surface area contributed by atoms with Gasteiger partial charge in [0.05, 0.1) is 11.3 Å². The number of nitrogens with two attached hydrogens (primary N) is 1. The second kappa shape index (κ2) is 6.49. The van der Waals surface area contributed by atoms with Crippen molar-refractivity contribution >= 4 is 5.82 Å². The van der Waals surface area contributed by atoms with Crippen LogP contribution in [0.25, 0.3) is 0 Å². The lowest BCUT2D eigenvalue weighted by molar-refractivity contribution is 0.0165. The molecule has 2 rings (SSSR count). The molecule has 0 unspecified atom stereocenters. The molecule has 0 atom stereocenters. The lowest BCUT2D eigenvalue weighted by atomic mass is 10.1. The van der Waals surface area contributed by atoms with Gasteiger partial charge in [-0.3, -0.25) is 9.80 Å². The molecule has 112 valence electrons. The zero-order valence-electron chi connectivity index (χ0n) is 12.3. The average molecular weight is 279 g/mol. The second-order valence-corrected chi connectivity index (χ2v) is 6.02. The van der Waals surface area contributed by atoms with Crippen LogP contribution < -0.4 is 11.3 Å². The Morgan fingerprint density at radius 2 is 1.90 bits per heavy atom. The molecule has 0 spiro atoms. The minimum atomic E-state index is -0.620. The molecule has 1 aromatic heterocycles. The Morgan fingerprint density at radius 1 is 1.25 bits per heavy atom. The van der Waals surface area contributed by atoms with Crippen molar-refractivity contribution in [3.63, 3.8) is 0 Å². The van der Waals surface area contributed by atoms with Gasteiger partial charge in [0.15, 0.2) is 0 Å². The Balaban J connectivity index is 1.82. The summed E-state index contributed by atoms with van der Waals surface area (Å²) in [6, 6.07) is 5.83. The van der Waals surface area contributed by atoms with Crippen LogP contribution in [0.2, 0.25) is 0 Å². The van der Waals surface area contributed by atoms with Gasteiger partial charge in [0.2, 0.25) is 0 Å². The van der Waals surface area contributed by atoms with Crippen LogP contribution >= 0.6 is 0 Å². The van der Waals surface area contributed by atoms with Gasteiger partial charge < -0.3 is 10.5 Å². The minimum absolute atomic E-state index is 0.620. The number of nitrogen functional groups attached to an aromatic ring is 1. The fourth-order valence-corrected chi connectivity index (χ4v) is 2.53. The van der Waals surface area contributed by atoms with E-state index in [2.05, 4.69) is 20.2 Å². The first kappa shape index (κ1) is 15.2. The summed E-state index contributed by atoms with van der Waals surface area (Å²) in [5.41, 5.74) is 2.98. The highest BCUT2D eigenvalue weighted by Crippen LogP contribution is 2.11. The van der Waals surface area contributed by atoms with Crippen molar-refractivity contribution in [1.29, 1.82) is 0 Å². The molecule has 1 saturated heterocycles. The van der Waals surface area contributed by atoms with Crippen LogP contribution in [0, 0.1) is 0 Å². The maximum atomic E-state index is 9.84. The number of piperazine rings is 1. The van der Waals surface area contributed by atoms with E-state index in [1.165, 1.54) is 0 Å². The van der Waals surface area contributed by atoms with Crippen LogP contribution in [0.5, 0.6) is 0 Å². The molecule has 20 heavy (non-hydrogen) atoms. The molecule has 0 bridgehead atoms. The predicted molar refractivity (Wildman–Crippen MR) is 80.1 cm³/mol. The fourth-order valence-electron chi connectivity index (χ4n) is 2.53. The quantitative estimate of drug-likeness (QED) is 0.530. The molecule has 1 aliphatic heterocycles. The third-order valence-corrected chi connectivity index (χ3v) is 3.42. The molecule has 1 fully saturated rings. The molecular formula is C14H25N5O. The highest BCUT2D eigenvalue weighted by Gasteiger charge is 2.22. The van der Waals surface area contributed by atoms with Crippen LogP contribution in [0.1, 0.15) is 19.5 Å². The number of anilines is 1. The maximum absolute atomic E-state index is 9.84. The summed E-state index contributed by atoms with van der Waals surface area (Å²) in [5, 5.41) is 9.84. The number of nitrogens with one attached hydrogen (secondary N) is 1. The van der Waals surface area contributed by atoms with E-state index in [0.717, 1.165) is 45.0 Å². The van der Waals surface area contributed by atoms with E-state index in [1.807, 2.05) is 32.0 Å². The number of aliphatic hydroxyl groups is 1. The minimum Gasteiger partial charge on any atom is -0.389 e. The number of pyridine rings is 1. The Bertz CT molecular complexity index is 424.